The molecule has 0 aromatic carbocycles. The summed E-state index contributed by atoms with van der Waals surface area (Å²) in [7, 11) is -10.4. The summed E-state index contributed by atoms with van der Waals surface area (Å²) in [6.45, 7) is -1.52. The van der Waals surface area contributed by atoms with Gasteiger partial charge in [-0.2, -0.15) is 4.31 Å². The highest BCUT2D eigenvalue weighted by atomic mass is 35.5. The van der Waals surface area contributed by atoms with Gasteiger partial charge in [0, 0.05) is 0 Å². The highest BCUT2D eigenvalue weighted by molar-refractivity contribution is 7.61. The Morgan fingerprint density at radius 1 is 1.06 bits per heavy atom. The lowest BCUT2D eigenvalue weighted by molar-refractivity contribution is -0.0505. The lowest BCUT2D eigenvalue weighted by atomic mass is 10.1. The summed E-state index contributed by atoms with van der Waals surface area (Å²) >= 11 is 5.75. The summed E-state index contributed by atoms with van der Waals surface area (Å²) in [5.41, 5.74) is 6.14. The van der Waals surface area contributed by atoms with E-state index in [2.05, 4.69) is 28.3 Å². The van der Waals surface area contributed by atoms with Gasteiger partial charge in [-0.25, -0.2) is 24.1 Å². The molecule has 2 aromatic heterocycles. The van der Waals surface area contributed by atoms with Crippen molar-refractivity contribution in [3.63, 3.8) is 0 Å². The number of rotatable bonds is 9. The number of nitrogens with two attached hydrogens (primary N) is 1. The third-order valence-corrected chi connectivity index (χ3v) is 8.22. The van der Waals surface area contributed by atoms with Crippen molar-refractivity contribution >= 4 is 44.2 Å². The number of aliphatic hydroxyl groups excluding tert-OH is 3. The van der Waals surface area contributed by atoms with Gasteiger partial charge in [0.2, 0.25) is 0 Å². The summed E-state index contributed by atoms with van der Waals surface area (Å²) < 4.78 is 49.5. The van der Waals surface area contributed by atoms with Crippen molar-refractivity contribution in [1.82, 2.24) is 19.5 Å². The highest BCUT2D eigenvalue weighted by Gasteiger charge is 2.46. The fourth-order valence-electron chi connectivity index (χ4n) is 3.46. The summed E-state index contributed by atoms with van der Waals surface area (Å²) in [4.78, 5) is 31.4. The van der Waals surface area contributed by atoms with Crippen LogP contribution in [0.2, 0.25) is 0 Å². The Balaban J connectivity index is 1.34. The van der Waals surface area contributed by atoms with E-state index in [1.807, 2.05) is 0 Å². The first kappa shape index (κ1) is 26.8. The van der Waals surface area contributed by atoms with Gasteiger partial charge in [-0.3, -0.25) is 13.6 Å². The maximum Gasteiger partial charge on any atom is 0.481 e. The minimum absolute atomic E-state index is 0.0271. The van der Waals surface area contributed by atoms with E-state index in [1.165, 1.54) is 10.9 Å². The molecule has 2 aromatic rings. The standard InChI is InChI=1S/C15H22ClN5O12P2/c16-6-1-29-7(10(6)22)2-30-34(25,26)33-35(27,28)31-3-8-11(23)12(24)15(32-8)21-5-20-9-13(17)18-4-19-14(9)21/h4-8,10-12,15,22-24H,1-3H2,(H,25,26)(H,27,28)(H2,17,18,19)/t6-,7-,8-,10+,11-,12-,15-/m1/s1. The number of aliphatic hydroxyl groups is 3. The van der Waals surface area contributed by atoms with Gasteiger partial charge in [0.05, 0.1) is 31.5 Å². The van der Waals surface area contributed by atoms with Gasteiger partial charge in [-0.1, -0.05) is 0 Å². The van der Waals surface area contributed by atoms with Gasteiger partial charge in [-0.15, -0.1) is 11.6 Å². The first-order valence-electron chi connectivity index (χ1n) is 9.93. The van der Waals surface area contributed by atoms with Crippen LogP contribution < -0.4 is 5.73 Å². The lowest BCUT2D eigenvalue weighted by Crippen LogP contribution is -2.33. The van der Waals surface area contributed by atoms with E-state index in [4.69, 9.17) is 26.8 Å². The molecule has 196 valence electrons. The van der Waals surface area contributed by atoms with E-state index in [0.29, 0.717) is 0 Å². The molecule has 4 heterocycles. The van der Waals surface area contributed by atoms with E-state index in [0.717, 1.165) is 6.33 Å². The second-order valence-corrected chi connectivity index (χ2v) is 11.2. The number of phosphoric ester groups is 2. The number of nitrogens with zero attached hydrogens (tertiary/aromatic N) is 4. The molecular formula is C15H22ClN5O12P2. The summed E-state index contributed by atoms with van der Waals surface area (Å²) in [6, 6.07) is 0. The molecule has 0 spiro atoms. The highest BCUT2D eigenvalue weighted by Crippen LogP contribution is 2.60. The summed E-state index contributed by atoms with van der Waals surface area (Å²) in [5, 5.41) is 29.7. The van der Waals surface area contributed by atoms with E-state index in [-0.39, 0.29) is 23.6 Å². The molecular weight excluding hydrogens is 540 g/mol. The Morgan fingerprint density at radius 2 is 1.71 bits per heavy atom. The Kier molecular flexibility index (Phi) is 7.81. The minimum atomic E-state index is -5.22. The zero-order valence-electron chi connectivity index (χ0n) is 17.5. The number of hydrogen-bond acceptors (Lipinski definition) is 14. The van der Waals surface area contributed by atoms with Crippen molar-refractivity contribution in [2.75, 3.05) is 25.6 Å². The molecule has 0 amide bonds. The molecule has 7 N–H and O–H groups in total. The van der Waals surface area contributed by atoms with Crippen LogP contribution in [0, 0.1) is 0 Å². The first-order chi connectivity index (χ1) is 16.4. The summed E-state index contributed by atoms with van der Waals surface area (Å²) in [6.07, 6.45) is -5.56. The van der Waals surface area contributed by atoms with Crippen LogP contribution in [0.3, 0.4) is 0 Å². The molecule has 0 saturated carbocycles. The molecule has 0 bridgehead atoms. The van der Waals surface area contributed by atoms with Crippen LogP contribution in [-0.4, -0.2) is 100 Å². The number of aromatic nitrogens is 4. The number of hydrogen-bond donors (Lipinski definition) is 6. The Hall–Kier alpha value is -1.30. The quantitative estimate of drug-likeness (QED) is 0.153. The lowest BCUT2D eigenvalue weighted by Gasteiger charge is -2.20. The molecule has 4 rings (SSSR count). The molecule has 35 heavy (non-hydrogen) atoms. The van der Waals surface area contributed by atoms with Crippen LogP contribution in [0.1, 0.15) is 6.23 Å². The normalized spacial score (nSPS) is 34.7. The van der Waals surface area contributed by atoms with E-state index in [9.17, 15) is 34.2 Å². The van der Waals surface area contributed by atoms with Crippen LogP contribution >= 0.6 is 27.2 Å². The second kappa shape index (κ2) is 10.2. The molecule has 2 aliphatic heterocycles. The van der Waals surface area contributed by atoms with Crippen molar-refractivity contribution in [2.45, 2.75) is 42.1 Å². The predicted molar refractivity (Wildman–Crippen MR) is 114 cm³/mol. The molecule has 20 heteroatoms. The zero-order valence-corrected chi connectivity index (χ0v) is 20.1. The molecule has 2 unspecified atom stereocenters. The minimum Gasteiger partial charge on any atom is -0.389 e. The van der Waals surface area contributed by atoms with Gasteiger partial charge in [-0.05, 0) is 0 Å². The molecule has 17 nitrogen and oxygen atoms in total. The van der Waals surface area contributed by atoms with Gasteiger partial charge < -0.3 is 40.3 Å². The van der Waals surface area contributed by atoms with Gasteiger partial charge in [0.25, 0.3) is 0 Å². The number of ether oxygens (including phenoxy) is 2. The average Bonchev–Trinajstić information content (AvgIpc) is 3.43. The smallest absolute Gasteiger partial charge is 0.389 e. The third kappa shape index (κ3) is 5.83. The maximum atomic E-state index is 12.2. The van der Waals surface area contributed by atoms with Crippen LogP contribution in [0.4, 0.5) is 5.82 Å². The third-order valence-electron chi connectivity index (χ3n) is 5.23. The Bertz CT molecular complexity index is 1160. The van der Waals surface area contributed by atoms with Crippen LogP contribution in [0.5, 0.6) is 0 Å². The fourth-order valence-corrected chi connectivity index (χ4v) is 5.78. The first-order valence-corrected chi connectivity index (χ1v) is 13.4. The van der Waals surface area contributed by atoms with Gasteiger partial charge >= 0.3 is 15.6 Å². The van der Waals surface area contributed by atoms with Crippen molar-refractivity contribution < 1.29 is 57.1 Å². The molecule has 2 aliphatic rings. The topological polar surface area (TPSA) is 251 Å². The number of anilines is 1. The fraction of sp³-hybridized carbons (Fsp3) is 0.667. The Morgan fingerprint density at radius 3 is 2.34 bits per heavy atom. The van der Waals surface area contributed by atoms with E-state index in [1.54, 1.807) is 0 Å². The zero-order chi connectivity index (χ0) is 25.5. The number of nitrogen functional groups attached to an aromatic ring is 1. The van der Waals surface area contributed by atoms with Gasteiger partial charge in [0.15, 0.2) is 17.7 Å². The molecule has 0 aliphatic carbocycles. The molecule has 2 fully saturated rings. The number of alkyl halides is 1. The molecule has 0 radical (unpaired) electrons. The van der Waals surface area contributed by atoms with Crippen molar-refractivity contribution in [3.05, 3.63) is 12.7 Å². The average molecular weight is 562 g/mol. The van der Waals surface area contributed by atoms with Crippen molar-refractivity contribution in [2.24, 2.45) is 0 Å². The van der Waals surface area contributed by atoms with E-state index < -0.39 is 71.0 Å². The van der Waals surface area contributed by atoms with Crippen molar-refractivity contribution in [1.29, 1.82) is 0 Å². The maximum absolute atomic E-state index is 12.2. The monoisotopic (exact) mass is 561 g/mol. The number of halogens is 1. The Labute approximate surface area is 201 Å². The largest absolute Gasteiger partial charge is 0.481 e. The van der Waals surface area contributed by atoms with E-state index >= 15 is 0 Å². The van der Waals surface area contributed by atoms with Crippen molar-refractivity contribution in [3.8, 4) is 0 Å². The summed E-state index contributed by atoms with van der Waals surface area (Å²) in [5.74, 6) is 0.0761. The number of phosphoric acid groups is 2. The van der Waals surface area contributed by atoms with Crippen LogP contribution in [0.15, 0.2) is 12.7 Å². The predicted octanol–water partition coefficient (Wildman–Crippen LogP) is -1.35. The molecule has 2 saturated heterocycles. The van der Waals surface area contributed by atoms with Crippen LogP contribution in [0.25, 0.3) is 11.2 Å². The number of fused-ring (bicyclic) bond motifs is 1. The van der Waals surface area contributed by atoms with Crippen LogP contribution in [-0.2, 0) is 32.0 Å². The molecule has 9 atom stereocenters. The second-order valence-electron chi connectivity index (χ2n) is 7.62. The number of imidazole rings is 1. The van der Waals surface area contributed by atoms with Gasteiger partial charge in [0.1, 0.15) is 42.4 Å². The SMILES string of the molecule is Nc1ncnc2c1ncn2[C@@H]1O[C@H](COP(=O)(O)OP(=O)(O)OC[C@H]2OC[C@@H](Cl)[C@@H]2O)[C@@H](O)[C@H]1O.